The number of anilines is 2. The van der Waals surface area contributed by atoms with Gasteiger partial charge in [-0.05, 0) is 42.5 Å². The molecular weight excluding hydrogens is 381 g/mol. The summed E-state index contributed by atoms with van der Waals surface area (Å²) in [6.07, 6.45) is -4.70. The molecule has 0 aliphatic heterocycles. The third kappa shape index (κ3) is 4.86. The highest BCUT2D eigenvalue weighted by Crippen LogP contribution is 2.34. The molecule has 0 saturated heterocycles. The zero-order valence-corrected chi connectivity index (χ0v) is 14.3. The molecule has 0 heterocycles. The van der Waals surface area contributed by atoms with Crippen LogP contribution in [0, 0.1) is 0 Å². The van der Waals surface area contributed by atoms with Crippen molar-refractivity contribution in [3.8, 4) is 0 Å². The summed E-state index contributed by atoms with van der Waals surface area (Å²) in [5, 5.41) is 2.16. The number of rotatable bonds is 4. The average molecular weight is 393 g/mol. The second-order valence-electron chi connectivity index (χ2n) is 5.01. The predicted octanol–water partition coefficient (Wildman–Crippen LogP) is 4.12. The Bertz CT molecular complexity index is 897. The first-order valence-electron chi connectivity index (χ1n) is 6.76. The summed E-state index contributed by atoms with van der Waals surface area (Å²) in [6.45, 7) is 1.31. The Morgan fingerprint density at radius 3 is 2.12 bits per heavy atom. The number of amides is 1. The van der Waals surface area contributed by atoms with Crippen LogP contribution in [0.15, 0.2) is 47.4 Å². The van der Waals surface area contributed by atoms with Gasteiger partial charge in [-0.1, -0.05) is 11.6 Å². The Morgan fingerprint density at radius 2 is 1.60 bits per heavy atom. The van der Waals surface area contributed by atoms with E-state index < -0.39 is 26.7 Å². The van der Waals surface area contributed by atoms with Crippen molar-refractivity contribution in [2.75, 3.05) is 10.0 Å². The molecule has 0 aliphatic carbocycles. The number of sulfonamides is 1. The van der Waals surface area contributed by atoms with Gasteiger partial charge >= 0.3 is 6.18 Å². The average Bonchev–Trinajstić information content (AvgIpc) is 2.47. The monoisotopic (exact) mass is 392 g/mol. The number of carbonyl (C=O) groups excluding carboxylic acids is 1. The summed E-state index contributed by atoms with van der Waals surface area (Å²) in [5.41, 5.74) is -0.589. The maximum absolute atomic E-state index is 12.8. The molecular formula is C15H12ClF3N2O3S. The number of nitrogens with one attached hydrogen (secondary N) is 2. The van der Waals surface area contributed by atoms with Crippen molar-refractivity contribution in [2.45, 2.75) is 18.0 Å². The standard InChI is InChI=1S/C15H12ClF3N2O3S/c1-9(22)20-11-3-5-12(6-4-11)21-25(23,24)14-8-10(15(17,18)19)2-7-13(14)16/h2-8,21H,1H3,(H,20,22). The van der Waals surface area contributed by atoms with Crippen LogP contribution >= 0.6 is 11.6 Å². The number of hydrogen-bond donors (Lipinski definition) is 2. The molecule has 0 atom stereocenters. The van der Waals surface area contributed by atoms with Gasteiger partial charge in [0.2, 0.25) is 5.91 Å². The van der Waals surface area contributed by atoms with Crippen molar-refractivity contribution in [1.29, 1.82) is 0 Å². The molecule has 0 aromatic heterocycles. The van der Waals surface area contributed by atoms with E-state index in [1.165, 1.54) is 31.2 Å². The van der Waals surface area contributed by atoms with Gasteiger partial charge in [0.05, 0.1) is 10.6 Å². The predicted molar refractivity (Wildman–Crippen MR) is 88.0 cm³/mol. The highest BCUT2D eigenvalue weighted by Gasteiger charge is 2.32. The van der Waals surface area contributed by atoms with E-state index in [2.05, 4.69) is 10.0 Å². The summed E-state index contributed by atoms with van der Waals surface area (Å²) in [7, 11) is -4.33. The van der Waals surface area contributed by atoms with Gasteiger partial charge in [-0.15, -0.1) is 0 Å². The van der Waals surface area contributed by atoms with E-state index in [0.717, 1.165) is 6.07 Å². The summed E-state index contributed by atoms with van der Waals surface area (Å²) < 4.78 is 65.1. The van der Waals surface area contributed by atoms with Gasteiger partial charge in [-0.2, -0.15) is 13.2 Å². The van der Waals surface area contributed by atoms with Crippen LogP contribution in [0.1, 0.15) is 12.5 Å². The van der Waals surface area contributed by atoms with Crippen LogP contribution in [0.2, 0.25) is 5.02 Å². The Morgan fingerprint density at radius 1 is 1.04 bits per heavy atom. The number of hydrogen-bond acceptors (Lipinski definition) is 3. The number of alkyl halides is 3. The van der Waals surface area contributed by atoms with Crippen molar-refractivity contribution >= 4 is 38.9 Å². The second kappa shape index (κ2) is 6.93. The molecule has 0 spiro atoms. The van der Waals surface area contributed by atoms with Crippen LogP contribution < -0.4 is 10.0 Å². The summed E-state index contributed by atoms with van der Waals surface area (Å²) >= 11 is 5.75. The Hall–Kier alpha value is -2.26. The fourth-order valence-electron chi connectivity index (χ4n) is 1.92. The first-order valence-corrected chi connectivity index (χ1v) is 8.62. The Kier molecular flexibility index (Phi) is 5.28. The van der Waals surface area contributed by atoms with Crippen molar-refractivity contribution in [3.05, 3.63) is 53.1 Å². The number of carbonyl (C=O) groups is 1. The lowest BCUT2D eigenvalue weighted by molar-refractivity contribution is -0.137. The Balaban J connectivity index is 2.32. The highest BCUT2D eigenvalue weighted by molar-refractivity contribution is 7.92. The van der Waals surface area contributed by atoms with E-state index in [1.807, 2.05) is 0 Å². The lowest BCUT2D eigenvalue weighted by Gasteiger charge is -2.13. The van der Waals surface area contributed by atoms with Crippen LogP contribution in [0.5, 0.6) is 0 Å². The minimum Gasteiger partial charge on any atom is -0.326 e. The molecule has 0 radical (unpaired) electrons. The summed E-state index contributed by atoms with van der Waals surface area (Å²) in [4.78, 5) is 10.2. The fraction of sp³-hybridized carbons (Fsp3) is 0.133. The zero-order chi connectivity index (χ0) is 18.8. The van der Waals surface area contributed by atoms with Gasteiger partial charge < -0.3 is 5.32 Å². The van der Waals surface area contributed by atoms with Crippen LogP contribution in [0.3, 0.4) is 0 Å². The van der Waals surface area contributed by atoms with Crippen molar-refractivity contribution in [2.24, 2.45) is 0 Å². The SMILES string of the molecule is CC(=O)Nc1ccc(NS(=O)(=O)c2cc(C(F)(F)F)ccc2Cl)cc1. The molecule has 0 aliphatic rings. The van der Waals surface area contributed by atoms with Gasteiger partial charge in [0.15, 0.2) is 0 Å². The summed E-state index contributed by atoms with van der Waals surface area (Å²) in [5.74, 6) is -0.302. The van der Waals surface area contributed by atoms with E-state index in [-0.39, 0.29) is 16.6 Å². The molecule has 2 aromatic carbocycles. The van der Waals surface area contributed by atoms with E-state index in [1.54, 1.807) is 0 Å². The van der Waals surface area contributed by atoms with Crippen molar-refractivity contribution < 1.29 is 26.4 Å². The highest BCUT2D eigenvalue weighted by atomic mass is 35.5. The normalized spacial score (nSPS) is 11.9. The van der Waals surface area contributed by atoms with E-state index in [9.17, 15) is 26.4 Å². The van der Waals surface area contributed by atoms with Gasteiger partial charge in [0.25, 0.3) is 10.0 Å². The van der Waals surface area contributed by atoms with Crippen LogP contribution in [0.4, 0.5) is 24.5 Å². The first-order chi connectivity index (χ1) is 11.5. The molecule has 2 N–H and O–H groups in total. The van der Waals surface area contributed by atoms with Crippen LogP contribution in [0.25, 0.3) is 0 Å². The summed E-state index contributed by atoms with van der Waals surface area (Å²) in [6, 6.07) is 7.62. The van der Waals surface area contributed by atoms with E-state index >= 15 is 0 Å². The maximum atomic E-state index is 12.8. The fourth-order valence-corrected chi connectivity index (χ4v) is 3.51. The van der Waals surface area contributed by atoms with Gasteiger partial charge in [-0.3, -0.25) is 9.52 Å². The first kappa shape index (κ1) is 19.1. The molecule has 134 valence electrons. The maximum Gasteiger partial charge on any atom is 0.416 e. The topological polar surface area (TPSA) is 75.3 Å². The lowest BCUT2D eigenvalue weighted by Crippen LogP contribution is -2.15. The quantitative estimate of drug-likeness (QED) is 0.821. The largest absolute Gasteiger partial charge is 0.416 e. The van der Waals surface area contributed by atoms with Crippen molar-refractivity contribution in [1.82, 2.24) is 0 Å². The molecule has 0 bridgehead atoms. The van der Waals surface area contributed by atoms with Gasteiger partial charge in [-0.25, -0.2) is 8.42 Å². The van der Waals surface area contributed by atoms with Crippen molar-refractivity contribution in [3.63, 3.8) is 0 Å². The smallest absolute Gasteiger partial charge is 0.326 e. The third-order valence-corrected chi connectivity index (χ3v) is 4.87. The lowest BCUT2D eigenvalue weighted by atomic mass is 10.2. The zero-order valence-electron chi connectivity index (χ0n) is 12.7. The minimum absolute atomic E-state index is 0.0996. The van der Waals surface area contributed by atoms with Crippen LogP contribution in [-0.2, 0) is 21.0 Å². The molecule has 1 amide bonds. The minimum atomic E-state index is -4.70. The molecule has 2 rings (SSSR count). The van der Waals surface area contributed by atoms with Gasteiger partial charge in [0.1, 0.15) is 4.90 Å². The molecule has 25 heavy (non-hydrogen) atoms. The molecule has 0 unspecified atom stereocenters. The molecule has 0 saturated carbocycles. The molecule has 5 nitrogen and oxygen atoms in total. The van der Waals surface area contributed by atoms with E-state index in [0.29, 0.717) is 17.8 Å². The number of halogens is 4. The molecule has 0 fully saturated rings. The second-order valence-corrected chi connectivity index (χ2v) is 7.07. The van der Waals surface area contributed by atoms with E-state index in [4.69, 9.17) is 11.6 Å². The third-order valence-electron chi connectivity index (χ3n) is 3.01. The molecule has 2 aromatic rings. The van der Waals surface area contributed by atoms with Gasteiger partial charge in [0, 0.05) is 18.3 Å². The number of benzene rings is 2. The van der Waals surface area contributed by atoms with Crippen LogP contribution in [-0.4, -0.2) is 14.3 Å². The Labute approximate surface area is 146 Å². The molecule has 10 heteroatoms.